The Kier molecular flexibility index (Phi) is 6.64. The molecule has 1 spiro atoms. The lowest BCUT2D eigenvalue weighted by Crippen LogP contribution is -2.67. The van der Waals surface area contributed by atoms with Gasteiger partial charge >= 0.3 is 6.09 Å². The van der Waals surface area contributed by atoms with Crippen LogP contribution in [0.3, 0.4) is 0 Å². The maximum absolute atomic E-state index is 13.2. The fraction of sp³-hybridized carbons (Fsp3) is 0.667. The second-order valence-electron chi connectivity index (χ2n) is 11.5. The van der Waals surface area contributed by atoms with Gasteiger partial charge in [-0.25, -0.2) is 27.5 Å². The van der Waals surface area contributed by atoms with Crippen molar-refractivity contribution in [2.45, 2.75) is 63.3 Å². The number of nitrogens with zero attached hydrogens (tertiary/aromatic N) is 6. The number of halogens is 1. The van der Waals surface area contributed by atoms with Crippen molar-refractivity contribution in [2.75, 3.05) is 31.5 Å². The number of hydrogen-bond donors (Lipinski definition) is 1. The SMILES string of the molecule is Cn1cc(-c2nc(NC3CC4(C3)CN(S(=O)(=O)C3CCN(C(=O)OC(C)(C)C)CC3)C4)ncc2Cl)cn1. The van der Waals surface area contributed by atoms with Gasteiger partial charge in [-0.3, -0.25) is 4.68 Å². The zero-order valence-corrected chi connectivity index (χ0v) is 23.2. The van der Waals surface area contributed by atoms with Crippen LogP contribution in [0.1, 0.15) is 46.5 Å². The molecule has 1 saturated carbocycles. The maximum atomic E-state index is 13.2. The van der Waals surface area contributed by atoms with Crippen molar-refractivity contribution in [3.63, 3.8) is 0 Å². The predicted octanol–water partition coefficient (Wildman–Crippen LogP) is 3.14. The van der Waals surface area contributed by atoms with Crippen LogP contribution < -0.4 is 5.32 Å². The first kappa shape index (κ1) is 26.2. The summed E-state index contributed by atoms with van der Waals surface area (Å²) in [4.78, 5) is 22.8. The number of carbonyl (C=O) groups excluding carboxylic acids is 1. The first-order valence-electron chi connectivity index (χ1n) is 12.6. The van der Waals surface area contributed by atoms with E-state index in [1.165, 1.54) is 0 Å². The summed E-state index contributed by atoms with van der Waals surface area (Å²) in [5, 5.41) is 7.55. The van der Waals surface area contributed by atoms with Gasteiger partial charge in [-0.1, -0.05) is 11.6 Å². The van der Waals surface area contributed by atoms with Crippen molar-refractivity contribution in [2.24, 2.45) is 12.5 Å². The van der Waals surface area contributed by atoms with E-state index in [9.17, 15) is 13.2 Å². The molecule has 4 heterocycles. The van der Waals surface area contributed by atoms with Crippen LogP contribution in [0, 0.1) is 5.41 Å². The van der Waals surface area contributed by atoms with Crippen molar-refractivity contribution in [3.8, 4) is 11.3 Å². The summed E-state index contributed by atoms with van der Waals surface area (Å²) >= 11 is 6.30. The van der Waals surface area contributed by atoms with E-state index in [0.29, 0.717) is 55.7 Å². The molecule has 0 radical (unpaired) electrons. The van der Waals surface area contributed by atoms with Crippen LogP contribution >= 0.6 is 11.6 Å². The van der Waals surface area contributed by atoms with Crippen LogP contribution in [0.4, 0.5) is 10.7 Å². The first-order valence-corrected chi connectivity index (χ1v) is 14.5. The van der Waals surface area contributed by atoms with Crippen molar-refractivity contribution in [1.82, 2.24) is 29.0 Å². The lowest BCUT2D eigenvalue weighted by atomic mass is 9.61. The van der Waals surface area contributed by atoms with E-state index in [-0.39, 0.29) is 17.6 Å². The van der Waals surface area contributed by atoms with E-state index in [0.717, 1.165) is 18.4 Å². The molecular formula is C24H34ClN7O4S. The molecule has 202 valence electrons. The van der Waals surface area contributed by atoms with E-state index in [1.54, 1.807) is 26.3 Å². The minimum Gasteiger partial charge on any atom is -0.444 e. The molecule has 1 aliphatic carbocycles. The van der Waals surface area contributed by atoms with Gasteiger partial charge in [-0.2, -0.15) is 5.10 Å². The lowest BCUT2D eigenvalue weighted by molar-refractivity contribution is -0.0185. The zero-order chi connectivity index (χ0) is 26.6. The summed E-state index contributed by atoms with van der Waals surface area (Å²) in [6, 6.07) is 0.185. The van der Waals surface area contributed by atoms with E-state index >= 15 is 0 Å². The predicted molar refractivity (Wildman–Crippen MR) is 140 cm³/mol. The van der Waals surface area contributed by atoms with E-state index < -0.39 is 20.9 Å². The number of nitrogens with one attached hydrogen (secondary N) is 1. The average molecular weight is 552 g/mol. The number of aromatic nitrogens is 4. The summed E-state index contributed by atoms with van der Waals surface area (Å²) in [6.45, 7) is 7.35. The molecule has 3 fully saturated rings. The van der Waals surface area contributed by atoms with Gasteiger partial charge in [-0.15, -0.1) is 0 Å². The number of likely N-dealkylation sites (tertiary alicyclic amines) is 1. The molecule has 0 unspecified atom stereocenters. The van der Waals surface area contributed by atoms with Crippen LogP contribution in [-0.4, -0.2) is 86.5 Å². The number of rotatable bonds is 5. The third kappa shape index (κ3) is 5.42. The summed E-state index contributed by atoms with van der Waals surface area (Å²) in [6.07, 6.45) is 7.36. The number of sulfonamides is 1. The Bertz CT molecular complexity index is 1270. The number of ether oxygens (including phenoxy) is 1. The molecule has 2 saturated heterocycles. The Labute approximate surface area is 222 Å². The number of anilines is 1. The molecular weight excluding hydrogens is 518 g/mol. The Morgan fingerprint density at radius 1 is 1.19 bits per heavy atom. The van der Waals surface area contributed by atoms with Crippen molar-refractivity contribution < 1.29 is 17.9 Å². The highest BCUT2D eigenvalue weighted by molar-refractivity contribution is 7.89. The fourth-order valence-corrected chi connectivity index (χ4v) is 7.80. The number of hydrogen-bond acceptors (Lipinski definition) is 8. The van der Waals surface area contributed by atoms with Crippen LogP contribution in [0.15, 0.2) is 18.6 Å². The van der Waals surface area contributed by atoms with Gasteiger partial charge < -0.3 is 15.0 Å². The van der Waals surface area contributed by atoms with E-state index in [1.807, 2.05) is 34.0 Å². The summed E-state index contributed by atoms with van der Waals surface area (Å²) in [5.74, 6) is 0.503. The largest absolute Gasteiger partial charge is 0.444 e. The van der Waals surface area contributed by atoms with Gasteiger partial charge in [0.1, 0.15) is 5.60 Å². The topological polar surface area (TPSA) is 123 Å². The average Bonchev–Trinajstić information content (AvgIpc) is 3.20. The normalized spacial score (nSPS) is 20.9. The highest BCUT2D eigenvalue weighted by atomic mass is 35.5. The van der Waals surface area contributed by atoms with Gasteiger partial charge in [-0.05, 0) is 46.5 Å². The minimum atomic E-state index is -3.39. The van der Waals surface area contributed by atoms with Crippen LogP contribution in [0.25, 0.3) is 11.3 Å². The van der Waals surface area contributed by atoms with E-state index in [4.69, 9.17) is 16.3 Å². The number of piperidine rings is 1. The van der Waals surface area contributed by atoms with Crippen LogP contribution in [0.2, 0.25) is 5.02 Å². The summed E-state index contributed by atoms with van der Waals surface area (Å²) in [7, 11) is -1.55. The lowest BCUT2D eigenvalue weighted by Gasteiger charge is -2.58. The maximum Gasteiger partial charge on any atom is 0.410 e. The second kappa shape index (κ2) is 9.39. The summed E-state index contributed by atoms with van der Waals surface area (Å²) < 4.78 is 35.2. The zero-order valence-electron chi connectivity index (χ0n) is 21.6. The molecule has 0 bridgehead atoms. The van der Waals surface area contributed by atoms with Crippen molar-refractivity contribution in [3.05, 3.63) is 23.6 Å². The molecule has 3 aliphatic rings. The fourth-order valence-electron chi connectivity index (χ4n) is 5.47. The van der Waals surface area contributed by atoms with Gasteiger partial charge in [0.2, 0.25) is 16.0 Å². The quantitative estimate of drug-likeness (QED) is 0.601. The van der Waals surface area contributed by atoms with Gasteiger partial charge in [0.05, 0.1) is 28.4 Å². The third-order valence-electron chi connectivity index (χ3n) is 7.31. The molecule has 1 N–H and O–H groups in total. The molecule has 11 nitrogen and oxygen atoms in total. The van der Waals surface area contributed by atoms with E-state index in [2.05, 4.69) is 20.4 Å². The summed E-state index contributed by atoms with van der Waals surface area (Å²) in [5.41, 5.74) is 0.892. The van der Waals surface area contributed by atoms with Crippen LogP contribution in [0.5, 0.6) is 0 Å². The Morgan fingerprint density at radius 3 is 2.46 bits per heavy atom. The second-order valence-corrected chi connectivity index (χ2v) is 14.1. The third-order valence-corrected chi connectivity index (χ3v) is 9.88. The molecule has 37 heavy (non-hydrogen) atoms. The minimum absolute atomic E-state index is 0.0144. The molecule has 2 aliphatic heterocycles. The molecule has 2 aromatic rings. The molecule has 5 rings (SSSR count). The standard InChI is InChI=1S/C24H34ClN7O4S/c1-23(2,3)36-22(33)31-7-5-18(6-8-31)37(34,35)32-14-24(15-32)9-17(10-24)28-21-26-12-19(25)20(29-21)16-11-27-30(4)13-16/h11-13,17-18H,5-10,14-15H2,1-4H3,(H,26,28,29). The monoisotopic (exact) mass is 551 g/mol. The Morgan fingerprint density at radius 2 is 1.86 bits per heavy atom. The Balaban J connectivity index is 1.11. The van der Waals surface area contributed by atoms with Crippen LogP contribution in [-0.2, 0) is 21.8 Å². The highest BCUT2D eigenvalue weighted by Crippen LogP contribution is 2.50. The molecule has 1 amide bonds. The smallest absolute Gasteiger partial charge is 0.410 e. The number of carbonyl (C=O) groups is 1. The van der Waals surface area contributed by atoms with Gasteiger partial charge in [0.15, 0.2) is 0 Å². The molecule has 0 aromatic carbocycles. The molecule has 13 heteroatoms. The van der Waals surface area contributed by atoms with Crippen molar-refractivity contribution >= 4 is 33.7 Å². The molecule has 0 atom stereocenters. The number of aryl methyl sites for hydroxylation is 1. The Hall–Kier alpha value is -2.44. The number of amides is 1. The first-order chi connectivity index (χ1) is 17.3. The van der Waals surface area contributed by atoms with Gasteiger partial charge in [0, 0.05) is 56.4 Å². The van der Waals surface area contributed by atoms with Crippen molar-refractivity contribution in [1.29, 1.82) is 0 Å². The molecule has 2 aromatic heterocycles. The van der Waals surface area contributed by atoms with Gasteiger partial charge in [0.25, 0.3) is 0 Å². The highest BCUT2D eigenvalue weighted by Gasteiger charge is 2.56.